The molecule has 1 nitrogen and oxygen atoms in total. The second kappa shape index (κ2) is 6.20. The highest BCUT2D eigenvalue weighted by molar-refractivity contribution is 9.10. The van der Waals surface area contributed by atoms with E-state index in [4.69, 9.17) is 11.6 Å². The lowest BCUT2D eigenvalue weighted by atomic mass is 10.1. The van der Waals surface area contributed by atoms with Crippen LogP contribution < -0.4 is 5.32 Å². The average Bonchev–Trinajstić information content (AvgIpc) is 2.80. The third kappa shape index (κ3) is 2.97. The van der Waals surface area contributed by atoms with Gasteiger partial charge in [0.2, 0.25) is 0 Å². The smallest absolute Gasteiger partial charge is 0.0503 e. The highest BCUT2D eigenvalue weighted by Gasteiger charge is 2.12. The molecule has 4 heteroatoms. The van der Waals surface area contributed by atoms with Crippen molar-refractivity contribution in [3.8, 4) is 10.4 Å². The Morgan fingerprint density at radius 2 is 2.11 bits per heavy atom. The van der Waals surface area contributed by atoms with Gasteiger partial charge in [-0.2, -0.15) is 0 Å². The summed E-state index contributed by atoms with van der Waals surface area (Å²) in [6, 6.07) is 10.8. The van der Waals surface area contributed by atoms with Gasteiger partial charge in [-0.1, -0.05) is 40.5 Å². The van der Waals surface area contributed by atoms with Crippen LogP contribution in [0.3, 0.4) is 0 Å². The number of hydrogen-bond donors (Lipinski definition) is 1. The molecule has 0 fully saturated rings. The molecule has 0 bridgehead atoms. The summed E-state index contributed by atoms with van der Waals surface area (Å²) >= 11 is 11.5. The van der Waals surface area contributed by atoms with Crippen LogP contribution >= 0.6 is 38.9 Å². The van der Waals surface area contributed by atoms with E-state index in [-0.39, 0.29) is 0 Å². The quantitative estimate of drug-likeness (QED) is 0.772. The molecule has 0 spiro atoms. The summed E-state index contributed by atoms with van der Waals surface area (Å²) in [6.45, 7) is 2.19. The molecule has 1 atom stereocenters. The summed E-state index contributed by atoms with van der Waals surface area (Å²) in [4.78, 5) is 2.57. The van der Waals surface area contributed by atoms with E-state index in [1.807, 2.05) is 19.2 Å². The maximum absolute atomic E-state index is 6.28. The zero-order chi connectivity index (χ0) is 13.1. The van der Waals surface area contributed by atoms with Gasteiger partial charge in [0.25, 0.3) is 0 Å². The van der Waals surface area contributed by atoms with Gasteiger partial charge < -0.3 is 5.32 Å². The Bertz CT molecular complexity index is 534. The first-order valence-electron chi connectivity index (χ1n) is 5.88. The van der Waals surface area contributed by atoms with Crippen LogP contribution in [0.5, 0.6) is 0 Å². The Labute approximate surface area is 125 Å². The van der Waals surface area contributed by atoms with Crippen LogP contribution in [0.25, 0.3) is 10.4 Å². The molecule has 1 N–H and O–H groups in total. The summed E-state index contributed by atoms with van der Waals surface area (Å²) in [6.07, 6.45) is 1.09. The standard InChI is InChI=1S/C14H15BrClNS/c1-3-12(17-2)14-7-6-13(18-14)10-5-4-9(15)8-11(10)16/h4-8,12,17H,3H2,1-2H3. The maximum atomic E-state index is 6.28. The fraction of sp³-hybridized carbons (Fsp3) is 0.286. The van der Waals surface area contributed by atoms with Crippen LogP contribution in [0, 0.1) is 0 Å². The highest BCUT2D eigenvalue weighted by atomic mass is 79.9. The molecule has 18 heavy (non-hydrogen) atoms. The SMILES string of the molecule is CCC(NC)c1ccc(-c2ccc(Br)cc2Cl)s1. The molecule has 0 saturated heterocycles. The molecule has 0 saturated carbocycles. The molecule has 0 amide bonds. The van der Waals surface area contributed by atoms with E-state index in [9.17, 15) is 0 Å². The molecule has 2 aromatic rings. The molecule has 1 aromatic carbocycles. The number of rotatable bonds is 4. The van der Waals surface area contributed by atoms with E-state index >= 15 is 0 Å². The largest absolute Gasteiger partial charge is 0.312 e. The van der Waals surface area contributed by atoms with Crippen LogP contribution in [0.2, 0.25) is 5.02 Å². The number of benzene rings is 1. The van der Waals surface area contributed by atoms with Gasteiger partial charge in [-0.25, -0.2) is 0 Å². The number of hydrogen-bond acceptors (Lipinski definition) is 2. The predicted octanol–water partition coefficient (Wildman–Crippen LogP) is 5.50. The van der Waals surface area contributed by atoms with E-state index in [0.717, 1.165) is 21.5 Å². The lowest BCUT2D eigenvalue weighted by Crippen LogP contribution is -2.13. The van der Waals surface area contributed by atoms with Crippen molar-refractivity contribution >= 4 is 38.9 Å². The van der Waals surface area contributed by atoms with Crippen molar-refractivity contribution in [2.24, 2.45) is 0 Å². The molecule has 1 unspecified atom stereocenters. The first-order valence-corrected chi connectivity index (χ1v) is 7.87. The third-order valence-electron chi connectivity index (χ3n) is 2.92. The van der Waals surface area contributed by atoms with Gasteiger partial charge in [0.05, 0.1) is 5.02 Å². The van der Waals surface area contributed by atoms with Gasteiger partial charge in [-0.3, -0.25) is 0 Å². The number of nitrogens with one attached hydrogen (secondary N) is 1. The molecule has 0 aliphatic heterocycles. The van der Waals surface area contributed by atoms with E-state index < -0.39 is 0 Å². The molecule has 1 heterocycles. The first kappa shape index (κ1) is 14.1. The Morgan fingerprint density at radius 1 is 1.33 bits per heavy atom. The highest BCUT2D eigenvalue weighted by Crippen LogP contribution is 2.37. The minimum Gasteiger partial charge on any atom is -0.312 e. The fourth-order valence-corrected chi connectivity index (χ4v) is 3.99. The minimum absolute atomic E-state index is 0.429. The van der Waals surface area contributed by atoms with Crippen molar-refractivity contribution in [2.75, 3.05) is 7.05 Å². The lowest BCUT2D eigenvalue weighted by Gasteiger charge is -2.10. The van der Waals surface area contributed by atoms with E-state index in [0.29, 0.717) is 6.04 Å². The van der Waals surface area contributed by atoms with Crippen LogP contribution in [0.15, 0.2) is 34.8 Å². The van der Waals surface area contributed by atoms with Crippen molar-refractivity contribution in [1.29, 1.82) is 0 Å². The first-order chi connectivity index (χ1) is 8.65. The van der Waals surface area contributed by atoms with E-state index in [1.165, 1.54) is 9.75 Å². The van der Waals surface area contributed by atoms with E-state index in [1.54, 1.807) is 11.3 Å². The van der Waals surface area contributed by atoms with Gasteiger partial charge >= 0.3 is 0 Å². The van der Waals surface area contributed by atoms with Crippen LogP contribution in [0.1, 0.15) is 24.3 Å². The van der Waals surface area contributed by atoms with Gasteiger partial charge in [-0.15, -0.1) is 11.3 Å². The summed E-state index contributed by atoms with van der Waals surface area (Å²) < 4.78 is 1.01. The summed E-state index contributed by atoms with van der Waals surface area (Å²) in [5, 5.41) is 4.11. The molecular weight excluding hydrogens is 330 g/mol. The normalized spacial score (nSPS) is 12.7. The lowest BCUT2D eigenvalue weighted by molar-refractivity contribution is 0.586. The average molecular weight is 345 g/mol. The Balaban J connectivity index is 2.34. The topological polar surface area (TPSA) is 12.0 Å². The Kier molecular flexibility index (Phi) is 4.84. The van der Waals surface area contributed by atoms with Crippen molar-refractivity contribution in [1.82, 2.24) is 5.32 Å². The molecule has 0 aliphatic carbocycles. The predicted molar refractivity (Wildman–Crippen MR) is 84.6 cm³/mol. The second-order valence-electron chi connectivity index (χ2n) is 4.08. The molecular formula is C14H15BrClNS. The van der Waals surface area contributed by atoms with E-state index in [2.05, 4.69) is 46.4 Å². The van der Waals surface area contributed by atoms with Gasteiger partial charge in [-0.05, 0) is 37.7 Å². The fourth-order valence-electron chi connectivity index (χ4n) is 1.92. The van der Waals surface area contributed by atoms with Crippen LogP contribution in [-0.4, -0.2) is 7.05 Å². The molecule has 1 aromatic heterocycles. The van der Waals surface area contributed by atoms with Crippen molar-refractivity contribution in [3.63, 3.8) is 0 Å². The Morgan fingerprint density at radius 3 is 2.72 bits per heavy atom. The Hall–Kier alpha value is -0.350. The molecule has 96 valence electrons. The summed E-state index contributed by atoms with van der Waals surface area (Å²) in [5.74, 6) is 0. The number of thiophene rings is 1. The second-order valence-corrected chi connectivity index (χ2v) is 6.51. The third-order valence-corrected chi connectivity index (χ3v) is 4.96. The zero-order valence-corrected chi connectivity index (χ0v) is 13.5. The maximum Gasteiger partial charge on any atom is 0.0503 e. The summed E-state index contributed by atoms with van der Waals surface area (Å²) in [5.41, 5.74) is 1.10. The summed E-state index contributed by atoms with van der Waals surface area (Å²) in [7, 11) is 2.00. The van der Waals surface area contributed by atoms with Crippen LogP contribution in [-0.2, 0) is 0 Å². The van der Waals surface area contributed by atoms with Crippen molar-refractivity contribution < 1.29 is 0 Å². The van der Waals surface area contributed by atoms with Gasteiger partial charge in [0.15, 0.2) is 0 Å². The molecule has 0 radical (unpaired) electrons. The minimum atomic E-state index is 0.429. The zero-order valence-electron chi connectivity index (χ0n) is 10.3. The van der Waals surface area contributed by atoms with Crippen molar-refractivity contribution in [2.45, 2.75) is 19.4 Å². The monoisotopic (exact) mass is 343 g/mol. The van der Waals surface area contributed by atoms with Crippen LogP contribution in [0.4, 0.5) is 0 Å². The van der Waals surface area contributed by atoms with Gasteiger partial charge in [0.1, 0.15) is 0 Å². The molecule has 2 rings (SSSR count). The number of halogens is 2. The van der Waals surface area contributed by atoms with Gasteiger partial charge in [0, 0.05) is 25.8 Å². The molecule has 0 aliphatic rings. The van der Waals surface area contributed by atoms with Crippen molar-refractivity contribution in [3.05, 3.63) is 44.7 Å².